The molecule has 1 N–H and O–H groups in total. The number of aliphatic carboxylic acids is 1. The second-order valence-corrected chi connectivity index (χ2v) is 5.03. The normalized spacial score (nSPS) is 20.6. The lowest BCUT2D eigenvalue weighted by Gasteiger charge is -2.31. The monoisotopic (exact) mass is 267 g/mol. The van der Waals surface area contributed by atoms with Gasteiger partial charge in [-0.2, -0.15) is 4.98 Å². The zero-order chi connectivity index (χ0) is 13.7. The fourth-order valence-electron chi connectivity index (χ4n) is 2.42. The smallest absolute Gasteiger partial charge is 0.320 e. The molecule has 106 valence electrons. The zero-order valence-corrected chi connectivity index (χ0v) is 11.3. The number of likely N-dealkylation sites (tertiary alicyclic amines) is 1. The van der Waals surface area contributed by atoms with Gasteiger partial charge in [0, 0.05) is 6.42 Å². The summed E-state index contributed by atoms with van der Waals surface area (Å²) in [6.45, 7) is 3.34. The molecule has 0 aliphatic carbocycles. The third-order valence-electron chi connectivity index (χ3n) is 3.50. The van der Waals surface area contributed by atoms with Gasteiger partial charge in [-0.05, 0) is 25.8 Å². The maximum Gasteiger partial charge on any atom is 0.320 e. The van der Waals surface area contributed by atoms with Gasteiger partial charge in [0.25, 0.3) is 0 Å². The Morgan fingerprint density at radius 2 is 2.37 bits per heavy atom. The Hall–Kier alpha value is -1.43. The van der Waals surface area contributed by atoms with Crippen LogP contribution in [0.5, 0.6) is 0 Å². The molecule has 6 nitrogen and oxygen atoms in total. The molecule has 1 fully saturated rings. The van der Waals surface area contributed by atoms with Crippen LogP contribution < -0.4 is 0 Å². The first-order valence-corrected chi connectivity index (χ1v) is 6.99. The van der Waals surface area contributed by atoms with Gasteiger partial charge in [0.1, 0.15) is 6.04 Å². The molecule has 1 aliphatic heterocycles. The highest BCUT2D eigenvalue weighted by Gasteiger charge is 2.29. The SMILES string of the molecule is CCCCc1noc(CN2CCCCC2C(=O)O)n1. The summed E-state index contributed by atoms with van der Waals surface area (Å²) in [5.41, 5.74) is 0. The molecule has 0 spiro atoms. The van der Waals surface area contributed by atoms with Crippen LogP contribution in [-0.4, -0.2) is 38.7 Å². The van der Waals surface area contributed by atoms with Crippen molar-refractivity contribution in [1.82, 2.24) is 15.0 Å². The summed E-state index contributed by atoms with van der Waals surface area (Å²) in [6, 6.07) is -0.417. The molecule has 0 saturated carbocycles. The minimum Gasteiger partial charge on any atom is -0.480 e. The highest BCUT2D eigenvalue weighted by molar-refractivity contribution is 5.73. The van der Waals surface area contributed by atoms with Crippen molar-refractivity contribution in [2.24, 2.45) is 0 Å². The van der Waals surface area contributed by atoms with Gasteiger partial charge < -0.3 is 9.63 Å². The Kier molecular flexibility index (Phi) is 4.90. The fourth-order valence-corrected chi connectivity index (χ4v) is 2.42. The van der Waals surface area contributed by atoms with Gasteiger partial charge in [-0.25, -0.2) is 0 Å². The molecule has 2 rings (SSSR count). The lowest BCUT2D eigenvalue weighted by atomic mass is 10.0. The predicted octanol–water partition coefficient (Wildman–Crippen LogP) is 1.85. The lowest BCUT2D eigenvalue weighted by molar-refractivity contribution is -0.145. The maximum absolute atomic E-state index is 11.2. The van der Waals surface area contributed by atoms with E-state index in [-0.39, 0.29) is 0 Å². The number of hydrogen-bond donors (Lipinski definition) is 1. The summed E-state index contributed by atoms with van der Waals surface area (Å²) >= 11 is 0. The number of hydrogen-bond acceptors (Lipinski definition) is 5. The van der Waals surface area contributed by atoms with E-state index in [4.69, 9.17) is 4.52 Å². The van der Waals surface area contributed by atoms with E-state index >= 15 is 0 Å². The largest absolute Gasteiger partial charge is 0.480 e. The van der Waals surface area contributed by atoms with Crippen LogP contribution in [0.4, 0.5) is 0 Å². The highest BCUT2D eigenvalue weighted by Crippen LogP contribution is 2.19. The minimum absolute atomic E-state index is 0.417. The number of carboxylic acid groups (broad SMARTS) is 1. The van der Waals surface area contributed by atoms with Crippen LogP contribution in [0.3, 0.4) is 0 Å². The highest BCUT2D eigenvalue weighted by atomic mass is 16.5. The van der Waals surface area contributed by atoms with Crippen LogP contribution in [0.2, 0.25) is 0 Å². The van der Waals surface area contributed by atoms with Crippen molar-refractivity contribution in [3.05, 3.63) is 11.7 Å². The number of piperidine rings is 1. The van der Waals surface area contributed by atoms with Crippen LogP contribution in [0.15, 0.2) is 4.52 Å². The molecule has 0 radical (unpaired) electrons. The van der Waals surface area contributed by atoms with Crippen LogP contribution in [-0.2, 0) is 17.8 Å². The fraction of sp³-hybridized carbons (Fsp3) is 0.769. The van der Waals surface area contributed by atoms with Gasteiger partial charge in [-0.3, -0.25) is 9.69 Å². The van der Waals surface area contributed by atoms with Crippen molar-refractivity contribution in [3.8, 4) is 0 Å². The zero-order valence-electron chi connectivity index (χ0n) is 11.3. The third kappa shape index (κ3) is 3.76. The number of rotatable bonds is 6. The predicted molar refractivity (Wildman–Crippen MR) is 68.6 cm³/mol. The molecule has 1 aromatic rings. The Bertz CT molecular complexity index is 419. The van der Waals surface area contributed by atoms with E-state index in [1.165, 1.54) is 0 Å². The van der Waals surface area contributed by atoms with Gasteiger partial charge in [0.2, 0.25) is 5.89 Å². The van der Waals surface area contributed by atoms with E-state index in [0.717, 1.165) is 44.5 Å². The van der Waals surface area contributed by atoms with Gasteiger partial charge >= 0.3 is 5.97 Å². The third-order valence-corrected chi connectivity index (χ3v) is 3.50. The van der Waals surface area contributed by atoms with Crippen LogP contribution >= 0.6 is 0 Å². The van der Waals surface area contributed by atoms with Crippen molar-refractivity contribution in [3.63, 3.8) is 0 Å². The molecule has 0 bridgehead atoms. The summed E-state index contributed by atoms with van der Waals surface area (Å²) in [7, 11) is 0. The Morgan fingerprint density at radius 1 is 1.53 bits per heavy atom. The van der Waals surface area contributed by atoms with Gasteiger partial charge in [0.05, 0.1) is 6.54 Å². The Balaban J connectivity index is 1.94. The van der Waals surface area contributed by atoms with Gasteiger partial charge in [-0.1, -0.05) is 24.9 Å². The number of aryl methyl sites for hydroxylation is 1. The minimum atomic E-state index is -0.759. The van der Waals surface area contributed by atoms with E-state index in [9.17, 15) is 9.90 Å². The van der Waals surface area contributed by atoms with Crippen molar-refractivity contribution >= 4 is 5.97 Å². The molecule has 1 aliphatic rings. The first-order valence-electron chi connectivity index (χ1n) is 6.99. The number of unbranched alkanes of at least 4 members (excludes halogenated alkanes) is 1. The molecule has 2 heterocycles. The van der Waals surface area contributed by atoms with E-state index in [1.807, 2.05) is 4.90 Å². The molecule has 1 unspecified atom stereocenters. The lowest BCUT2D eigenvalue weighted by Crippen LogP contribution is -2.44. The standard InChI is InChI=1S/C13H21N3O3/c1-2-3-7-11-14-12(19-15-11)9-16-8-5-4-6-10(16)13(17)18/h10H,2-9H2,1H3,(H,17,18). The topological polar surface area (TPSA) is 79.5 Å². The van der Waals surface area contributed by atoms with Crippen molar-refractivity contribution in [2.75, 3.05) is 6.54 Å². The van der Waals surface area contributed by atoms with Gasteiger partial charge in [-0.15, -0.1) is 0 Å². The molecule has 1 aromatic heterocycles. The van der Waals surface area contributed by atoms with E-state index in [0.29, 0.717) is 18.9 Å². The van der Waals surface area contributed by atoms with Crippen molar-refractivity contribution in [1.29, 1.82) is 0 Å². The molecule has 19 heavy (non-hydrogen) atoms. The van der Waals surface area contributed by atoms with E-state index in [1.54, 1.807) is 0 Å². The summed E-state index contributed by atoms with van der Waals surface area (Å²) in [6.07, 6.45) is 5.66. The van der Waals surface area contributed by atoms with Crippen molar-refractivity contribution in [2.45, 2.75) is 58.0 Å². The van der Waals surface area contributed by atoms with E-state index < -0.39 is 12.0 Å². The Morgan fingerprint density at radius 3 is 3.11 bits per heavy atom. The first kappa shape index (κ1) is 14.0. The molecule has 1 atom stereocenters. The molecule has 1 saturated heterocycles. The number of nitrogens with zero attached hydrogens (tertiary/aromatic N) is 3. The summed E-state index contributed by atoms with van der Waals surface area (Å²) in [5.74, 6) is 0.491. The quantitative estimate of drug-likeness (QED) is 0.847. The van der Waals surface area contributed by atoms with Gasteiger partial charge in [0.15, 0.2) is 5.82 Å². The number of aromatic nitrogens is 2. The van der Waals surface area contributed by atoms with E-state index in [2.05, 4.69) is 17.1 Å². The number of carboxylic acids is 1. The average molecular weight is 267 g/mol. The second kappa shape index (κ2) is 6.65. The number of carbonyl (C=O) groups is 1. The second-order valence-electron chi connectivity index (χ2n) is 5.03. The first-order chi connectivity index (χ1) is 9.20. The molecular formula is C13H21N3O3. The maximum atomic E-state index is 11.2. The van der Waals surface area contributed by atoms with Crippen LogP contribution in [0.25, 0.3) is 0 Å². The molecular weight excluding hydrogens is 246 g/mol. The van der Waals surface area contributed by atoms with Crippen molar-refractivity contribution < 1.29 is 14.4 Å². The Labute approximate surface area is 112 Å². The summed E-state index contributed by atoms with van der Waals surface area (Å²) in [4.78, 5) is 17.4. The molecule has 0 amide bonds. The summed E-state index contributed by atoms with van der Waals surface area (Å²) < 4.78 is 5.20. The average Bonchev–Trinajstić information content (AvgIpc) is 2.84. The van der Waals surface area contributed by atoms with Crippen LogP contribution in [0.1, 0.15) is 50.7 Å². The molecule has 6 heteroatoms. The van der Waals surface area contributed by atoms with Crippen LogP contribution in [0, 0.1) is 0 Å². The molecule has 0 aromatic carbocycles. The summed E-state index contributed by atoms with van der Waals surface area (Å²) in [5, 5.41) is 13.1.